The molecular weight excluding hydrogens is 222 g/mol. The Labute approximate surface area is 108 Å². The molecule has 0 aliphatic carbocycles. The van der Waals surface area contributed by atoms with E-state index in [4.69, 9.17) is 5.84 Å². The molecule has 0 aliphatic heterocycles. The average molecular weight is 239 g/mol. The highest BCUT2D eigenvalue weighted by Gasteiger charge is 2.06. The summed E-state index contributed by atoms with van der Waals surface area (Å²) in [4.78, 5) is 2.06. The Hall–Kier alpha value is -2.29. The standard InChI is InChI=1S/C15H17N3/c1-18(2)14-10-8-13(9-11-14)15(17-16)12-6-4-3-5-7-12/h3-11H,16H2,1-2H3/b17-15-. The van der Waals surface area contributed by atoms with Crippen molar-refractivity contribution in [2.45, 2.75) is 0 Å². The fourth-order valence-corrected chi connectivity index (χ4v) is 1.83. The predicted octanol–water partition coefficient (Wildman–Crippen LogP) is 2.46. The van der Waals surface area contributed by atoms with E-state index in [1.54, 1.807) is 0 Å². The summed E-state index contributed by atoms with van der Waals surface area (Å²) in [7, 11) is 4.04. The van der Waals surface area contributed by atoms with Crippen LogP contribution >= 0.6 is 0 Å². The van der Waals surface area contributed by atoms with Crippen molar-refractivity contribution in [2.75, 3.05) is 19.0 Å². The van der Waals surface area contributed by atoms with Crippen LogP contribution in [-0.4, -0.2) is 19.8 Å². The van der Waals surface area contributed by atoms with Crippen LogP contribution in [0.1, 0.15) is 11.1 Å². The molecule has 0 radical (unpaired) electrons. The van der Waals surface area contributed by atoms with E-state index in [1.165, 1.54) is 0 Å². The lowest BCUT2D eigenvalue weighted by Crippen LogP contribution is -2.10. The summed E-state index contributed by atoms with van der Waals surface area (Å²) in [6.07, 6.45) is 0. The second-order valence-electron chi connectivity index (χ2n) is 4.29. The Morgan fingerprint density at radius 1 is 0.889 bits per heavy atom. The third-order valence-electron chi connectivity index (χ3n) is 2.83. The van der Waals surface area contributed by atoms with Gasteiger partial charge in [0.05, 0.1) is 5.71 Å². The molecular formula is C15H17N3. The number of benzene rings is 2. The third kappa shape index (κ3) is 2.51. The number of hydrogen-bond acceptors (Lipinski definition) is 3. The van der Waals surface area contributed by atoms with Crippen LogP contribution in [0.25, 0.3) is 0 Å². The lowest BCUT2D eigenvalue weighted by molar-refractivity contribution is 1.13. The van der Waals surface area contributed by atoms with Crippen molar-refractivity contribution in [2.24, 2.45) is 10.9 Å². The monoisotopic (exact) mass is 239 g/mol. The average Bonchev–Trinajstić information content (AvgIpc) is 2.41. The number of nitrogens with two attached hydrogens (primary N) is 1. The van der Waals surface area contributed by atoms with Crippen molar-refractivity contribution in [3.8, 4) is 0 Å². The maximum atomic E-state index is 5.51. The summed E-state index contributed by atoms with van der Waals surface area (Å²) in [5.41, 5.74) is 4.01. The lowest BCUT2D eigenvalue weighted by atomic mass is 10.0. The van der Waals surface area contributed by atoms with Gasteiger partial charge < -0.3 is 10.7 Å². The first-order valence-electron chi connectivity index (χ1n) is 5.83. The van der Waals surface area contributed by atoms with E-state index in [1.807, 2.05) is 56.6 Å². The molecule has 0 aromatic heterocycles. The van der Waals surface area contributed by atoms with E-state index in [-0.39, 0.29) is 0 Å². The molecule has 2 aromatic carbocycles. The molecule has 0 fully saturated rings. The van der Waals surface area contributed by atoms with Crippen LogP contribution in [0.3, 0.4) is 0 Å². The van der Waals surface area contributed by atoms with Gasteiger partial charge in [-0.25, -0.2) is 0 Å². The van der Waals surface area contributed by atoms with Crippen LogP contribution in [-0.2, 0) is 0 Å². The normalized spacial score (nSPS) is 11.3. The highest BCUT2D eigenvalue weighted by atomic mass is 15.1. The molecule has 2 aromatic rings. The Kier molecular flexibility index (Phi) is 3.63. The summed E-state index contributed by atoms with van der Waals surface area (Å²) in [6, 6.07) is 18.1. The van der Waals surface area contributed by atoms with Gasteiger partial charge >= 0.3 is 0 Å². The van der Waals surface area contributed by atoms with Crippen LogP contribution in [0.15, 0.2) is 59.7 Å². The summed E-state index contributed by atoms with van der Waals surface area (Å²) < 4.78 is 0. The minimum atomic E-state index is 0.806. The minimum Gasteiger partial charge on any atom is -0.378 e. The molecule has 2 N–H and O–H groups in total. The van der Waals surface area contributed by atoms with Gasteiger partial charge in [0, 0.05) is 30.9 Å². The quantitative estimate of drug-likeness (QED) is 0.508. The van der Waals surface area contributed by atoms with Crippen molar-refractivity contribution in [1.29, 1.82) is 0 Å². The molecule has 0 bridgehead atoms. The molecule has 3 nitrogen and oxygen atoms in total. The van der Waals surface area contributed by atoms with E-state index in [9.17, 15) is 0 Å². The number of hydrogen-bond donors (Lipinski definition) is 1. The zero-order valence-corrected chi connectivity index (χ0v) is 10.7. The summed E-state index contributed by atoms with van der Waals surface area (Å²) in [5, 5.41) is 3.91. The molecule has 0 atom stereocenters. The van der Waals surface area contributed by atoms with Gasteiger partial charge in [-0.1, -0.05) is 42.5 Å². The number of nitrogens with zero attached hydrogens (tertiary/aromatic N) is 2. The number of rotatable bonds is 3. The fraction of sp³-hybridized carbons (Fsp3) is 0.133. The zero-order valence-electron chi connectivity index (χ0n) is 10.7. The number of anilines is 1. The molecule has 92 valence electrons. The summed E-state index contributed by atoms with van der Waals surface area (Å²) >= 11 is 0. The van der Waals surface area contributed by atoms with Gasteiger partial charge in [-0.15, -0.1) is 0 Å². The molecule has 0 amide bonds. The summed E-state index contributed by atoms with van der Waals surface area (Å²) in [6.45, 7) is 0. The zero-order chi connectivity index (χ0) is 13.0. The molecule has 0 aliphatic rings. The molecule has 0 saturated heterocycles. The Bertz CT molecular complexity index is 527. The number of hydrazone groups is 1. The van der Waals surface area contributed by atoms with Crippen molar-refractivity contribution in [1.82, 2.24) is 0 Å². The first-order chi connectivity index (χ1) is 8.72. The largest absolute Gasteiger partial charge is 0.378 e. The third-order valence-corrected chi connectivity index (χ3v) is 2.83. The Morgan fingerprint density at radius 2 is 1.44 bits per heavy atom. The maximum Gasteiger partial charge on any atom is 0.0971 e. The van der Waals surface area contributed by atoms with Gasteiger partial charge in [-0.2, -0.15) is 5.10 Å². The highest BCUT2D eigenvalue weighted by molar-refractivity contribution is 6.12. The summed E-state index contributed by atoms with van der Waals surface area (Å²) in [5.74, 6) is 5.51. The van der Waals surface area contributed by atoms with E-state index >= 15 is 0 Å². The van der Waals surface area contributed by atoms with Crippen LogP contribution in [0.5, 0.6) is 0 Å². The molecule has 0 spiro atoms. The first-order valence-corrected chi connectivity index (χ1v) is 5.83. The fourth-order valence-electron chi connectivity index (χ4n) is 1.83. The van der Waals surface area contributed by atoms with E-state index in [0.717, 1.165) is 22.5 Å². The first kappa shape index (κ1) is 12.2. The van der Waals surface area contributed by atoms with Crippen LogP contribution in [0.4, 0.5) is 5.69 Å². The lowest BCUT2D eigenvalue weighted by Gasteiger charge is -2.13. The SMILES string of the molecule is CN(C)c1ccc(/C(=N\N)c2ccccc2)cc1. The minimum absolute atomic E-state index is 0.806. The van der Waals surface area contributed by atoms with E-state index in [0.29, 0.717) is 0 Å². The predicted molar refractivity (Wildman–Crippen MR) is 77.0 cm³/mol. The van der Waals surface area contributed by atoms with Crippen molar-refractivity contribution < 1.29 is 0 Å². The molecule has 3 heteroatoms. The van der Waals surface area contributed by atoms with E-state index < -0.39 is 0 Å². The van der Waals surface area contributed by atoms with Crippen molar-refractivity contribution >= 4 is 11.4 Å². The molecule has 0 saturated carbocycles. The van der Waals surface area contributed by atoms with Gasteiger partial charge in [0.25, 0.3) is 0 Å². The molecule has 18 heavy (non-hydrogen) atoms. The van der Waals surface area contributed by atoms with Gasteiger partial charge in [0.2, 0.25) is 0 Å². The second-order valence-corrected chi connectivity index (χ2v) is 4.29. The van der Waals surface area contributed by atoms with Gasteiger partial charge in [-0.05, 0) is 12.1 Å². The van der Waals surface area contributed by atoms with Crippen molar-refractivity contribution in [3.63, 3.8) is 0 Å². The maximum absolute atomic E-state index is 5.51. The van der Waals surface area contributed by atoms with Gasteiger partial charge in [-0.3, -0.25) is 0 Å². The van der Waals surface area contributed by atoms with Gasteiger partial charge in [0.15, 0.2) is 0 Å². The molecule has 2 rings (SSSR count). The van der Waals surface area contributed by atoms with Crippen LogP contribution < -0.4 is 10.7 Å². The Balaban J connectivity index is 2.35. The topological polar surface area (TPSA) is 41.6 Å². The molecule has 0 heterocycles. The smallest absolute Gasteiger partial charge is 0.0971 e. The van der Waals surface area contributed by atoms with Gasteiger partial charge in [0.1, 0.15) is 0 Å². The van der Waals surface area contributed by atoms with Crippen molar-refractivity contribution in [3.05, 3.63) is 65.7 Å². The Morgan fingerprint density at radius 3 is 1.94 bits per heavy atom. The highest BCUT2D eigenvalue weighted by Crippen LogP contribution is 2.15. The van der Waals surface area contributed by atoms with Crippen LogP contribution in [0, 0.1) is 0 Å². The van der Waals surface area contributed by atoms with Crippen LogP contribution in [0.2, 0.25) is 0 Å². The molecule has 0 unspecified atom stereocenters. The second kappa shape index (κ2) is 5.36. The van der Waals surface area contributed by atoms with E-state index in [2.05, 4.69) is 22.1 Å².